The molecule has 1 aromatic carbocycles. The lowest BCUT2D eigenvalue weighted by atomic mass is 10.1. The van der Waals surface area contributed by atoms with Crippen LogP contribution in [0.2, 0.25) is 0 Å². The van der Waals surface area contributed by atoms with Gasteiger partial charge in [0.1, 0.15) is 0 Å². The molecule has 2 rings (SSSR count). The topological polar surface area (TPSA) is 39.7 Å². The second kappa shape index (κ2) is 10.5. The summed E-state index contributed by atoms with van der Waals surface area (Å²) in [5.74, 6) is 0.529. The molecular formula is C17H23F6IN4. The van der Waals surface area contributed by atoms with Gasteiger partial charge in [-0.1, -0.05) is 12.1 Å². The molecule has 0 spiro atoms. The van der Waals surface area contributed by atoms with Crippen molar-refractivity contribution in [2.75, 3.05) is 33.2 Å². The number of alkyl halides is 6. The maximum absolute atomic E-state index is 12.5. The minimum absolute atomic E-state index is 0. The molecule has 1 aliphatic heterocycles. The summed E-state index contributed by atoms with van der Waals surface area (Å²) in [5.41, 5.74) is -0.0541. The number of benzene rings is 1. The van der Waals surface area contributed by atoms with Crippen molar-refractivity contribution in [1.29, 1.82) is 0 Å². The Morgan fingerprint density at radius 2 is 1.75 bits per heavy atom. The standard InChI is InChI=1S/C17H22F6N4.HI/c1-24-15(25-8-12-2-4-14(5-3-12)17(21,22)23)26-9-13-6-7-27(10-13)11-16(18,19)20;/h2-5,13H,6-11H2,1H3,(H2,24,25,26);1H. The van der Waals surface area contributed by atoms with Gasteiger partial charge in [-0.25, -0.2) is 0 Å². The third kappa shape index (κ3) is 8.41. The van der Waals surface area contributed by atoms with Gasteiger partial charge in [0.2, 0.25) is 0 Å². The molecule has 1 heterocycles. The Labute approximate surface area is 176 Å². The molecule has 0 amide bonds. The summed E-state index contributed by atoms with van der Waals surface area (Å²) in [4.78, 5) is 5.40. The monoisotopic (exact) mass is 524 g/mol. The highest BCUT2D eigenvalue weighted by Gasteiger charge is 2.34. The number of halogens is 7. The Kier molecular flexibility index (Phi) is 9.31. The Morgan fingerprint density at radius 3 is 2.29 bits per heavy atom. The summed E-state index contributed by atoms with van der Waals surface area (Å²) < 4.78 is 74.9. The van der Waals surface area contributed by atoms with Crippen molar-refractivity contribution in [2.24, 2.45) is 10.9 Å². The highest BCUT2D eigenvalue weighted by molar-refractivity contribution is 14.0. The van der Waals surface area contributed by atoms with Crippen molar-refractivity contribution in [3.05, 3.63) is 35.4 Å². The lowest BCUT2D eigenvalue weighted by molar-refractivity contribution is -0.143. The van der Waals surface area contributed by atoms with Crippen LogP contribution in [0.5, 0.6) is 0 Å². The number of nitrogens with zero attached hydrogens (tertiary/aromatic N) is 2. The zero-order valence-corrected chi connectivity index (χ0v) is 17.5. The van der Waals surface area contributed by atoms with Crippen LogP contribution in [0.25, 0.3) is 0 Å². The first-order valence-electron chi connectivity index (χ1n) is 8.46. The van der Waals surface area contributed by atoms with E-state index >= 15 is 0 Å². The van der Waals surface area contributed by atoms with Crippen LogP contribution in [0.4, 0.5) is 26.3 Å². The van der Waals surface area contributed by atoms with Gasteiger partial charge in [0, 0.05) is 26.7 Å². The fraction of sp³-hybridized carbons (Fsp3) is 0.588. The number of likely N-dealkylation sites (tertiary alicyclic amines) is 1. The predicted octanol–water partition coefficient (Wildman–Crippen LogP) is 3.87. The highest BCUT2D eigenvalue weighted by Crippen LogP contribution is 2.29. The van der Waals surface area contributed by atoms with E-state index in [0.717, 1.165) is 12.1 Å². The molecule has 4 nitrogen and oxygen atoms in total. The van der Waals surface area contributed by atoms with Gasteiger partial charge in [0.25, 0.3) is 0 Å². The second-order valence-corrected chi connectivity index (χ2v) is 6.51. The molecule has 28 heavy (non-hydrogen) atoms. The Balaban J connectivity index is 0.00000392. The molecule has 1 aliphatic rings. The summed E-state index contributed by atoms with van der Waals surface area (Å²) in [6, 6.07) is 4.80. The van der Waals surface area contributed by atoms with Gasteiger partial charge in [-0.05, 0) is 36.6 Å². The summed E-state index contributed by atoms with van der Waals surface area (Å²) in [7, 11) is 1.55. The molecular weight excluding hydrogens is 501 g/mol. The maximum Gasteiger partial charge on any atom is 0.416 e. The van der Waals surface area contributed by atoms with Crippen LogP contribution >= 0.6 is 24.0 Å². The van der Waals surface area contributed by atoms with Crippen LogP contribution in [0.15, 0.2) is 29.3 Å². The van der Waals surface area contributed by atoms with Gasteiger partial charge in [0.05, 0.1) is 12.1 Å². The molecule has 1 atom stereocenters. The Hall–Kier alpha value is -1.24. The van der Waals surface area contributed by atoms with E-state index in [0.29, 0.717) is 37.6 Å². The van der Waals surface area contributed by atoms with Crippen molar-refractivity contribution in [2.45, 2.75) is 25.3 Å². The third-order valence-corrected chi connectivity index (χ3v) is 4.30. The molecule has 0 bridgehead atoms. The van der Waals surface area contributed by atoms with E-state index < -0.39 is 24.5 Å². The highest BCUT2D eigenvalue weighted by atomic mass is 127. The molecule has 2 N–H and O–H groups in total. The normalized spacial score (nSPS) is 18.7. The van der Waals surface area contributed by atoms with Crippen LogP contribution in [-0.2, 0) is 12.7 Å². The van der Waals surface area contributed by atoms with Crippen molar-refractivity contribution in [3.8, 4) is 0 Å². The fourth-order valence-corrected chi connectivity index (χ4v) is 2.94. The Bertz CT molecular complexity index is 630. The predicted molar refractivity (Wildman–Crippen MR) is 106 cm³/mol. The van der Waals surface area contributed by atoms with Gasteiger partial charge < -0.3 is 10.6 Å². The number of nitrogens with one attached hydrogen (secondary N) is 2. The van der Waals surface area contributed by atoms with E-state index in [1.807, 2.05) is 0 Å². The molecule has 1 aromatic rings. The van der Waals surface area contributed by atoms with Crippen molar-refractivity contribution in [1.82, 2.24) is 15.5 Å². The van der Waals surface area contributed by atoms with Gasteiger partial charge in [0.15, 0.2) is 5.96 Å². The first kappa shape index (κ1) is 24.8. The lowest BCUT2D eigenvalue weighted by Crippen LogP contribution is -2.40. The van der Waals surface area contributed by atoms with Gasteiger partial charge in [-0.15, -0.1) is 24.0 Å². The zero-order chi connectivity index (χ0) is 20.1. The zero-order valence-electron chi connectivity index (χ0n) is 15.2. The quantitative estimate of drug-likeness (QED) is 0.266. The SMILES string of the molecule is CN=C(NCc1ccc(C(F)(F)F)cc1)NCC1CCN(CC(F)(F)F)C1.I. The molecule has 1 unspecified atom stereocenters. The summed E-state index contributed by atoms with van der Waals surface area (Å²) in [6.07, 6.45) is -7.90. The molecule has 0 radical (unpaired) electrons. The lowest BCUT2D eigenvalue weighted by Gasteiger charge is -2.18. The smallest absolute Gasteiger partial charge is 0.356 e. The van der Waals surface area contributed by atoms with Crippen LogP contribution in [0.3, 0.4) is 0 Å². The minimum atomic E-state index is -4.37. The minimum Gasteiger partial charge on any atom is -0.356 e. The number of hydrogen-bond acceptors (Lipinski definition) is 2. The Morgan fingerprint density at radius 1 is 1.11 bits per heavy atom. The average Bonchev–Trinajstić information content (AvgIpc) is 3.00. The number of guanidine groups is 1. The largest absolute Gasteiger partial charge is 0.416 e. The van der Waals surface area contributed by atoms with E-state index in [-0.39, 0.29) is 36.4 Å². The van der Waals surface area contributed by atoms with Gasteiger partial charge in [-0.3, -0.25) is 9.89 Å². The van der Waals surface area contributed by atoms with E-state index in [1.54, 1.807) is 7.05 Å². The third-order valence-electron chi connectivity index (χ3n) is 4.30. The van der Waals surface area contributed by atoms with Crippen molar-refractivity contribution < 1.29 is 26.3 Å². The van der Waals surface area contributed by atoms with Gasteiger partial charge in [-0.2, -0.15) is 26.3 Å². The summed E-state index contributed by atoms with van der Waals surface area (Å²) in [5, 5.41) is 6.03. The first-order valence-corrected chi connectivity index (χ1v) is 8.46. The summed E-state index contributed by atoms with van der Waals surface area (Å²) >= 11 is 0. The van der Waals surface area contributed by atoms with E-state index in [2.05, 4.69) is 15.6 Å². The fourth-order valence-electron chi connectivity index (χ4n) is 2.94. The maximum atomic E-state index is 12.5. The molecule has 1 fully saturated rings. The average molecular weight is 524 g/mol. The molecule has 0 aliphatic carbocycles. The molecule has 160 valence electrons. The first-order chi connectivity index (χ1) is 12.6. The molecule has 1 saturated heterocycles. The van der Waals surface area contributed by atoms with Crippen LogP contribution < -0.4 is 10.6 Å². The van der Waals surface area contributed by atoms with Crippen LogP contribution in [0.1, 0.15) is 17.5 Å². The van der Waals surface area contributed by atoms with E-state index in [1.165, 1.54) is 17.0 Å². The van der Waals surface area contributed by atoms with Gasteiger partial charge >= 0.3 is 12.4 Å². The van der Waals surface area contributed by atoms with Crippen LogP contribution in [-0.4, -0.2) is 50.3 Å². The molecule has 0 aromatic heterocycles. The second-order valence-electron chi connectivity index (χ2n) is 6.51. The molecule has 0 saturated carbocycles. The number of rotatable bonds is 5. The van der Waals surface area contributed by atoms with Crippen LogP contribution in [0, 0.1) is 5.92 Å². The number of hydrogen-bond donors (Lipinski definition) is 2. The van der Waals surface area contributed by atoms with E-state index in [9.17, 15) is 26.3 Å². The van der Waals surface area contributed by atoms with Crippen molar-refractivity contribution >= 4 is 29.9 Å². The number of aliphatic imine (C=N–C) groups is 1. The van der Waals surface area contributed by atoms with E-state index in [4.69, 9.17) is 0 Å². The summed E-state index contributed by atoms with van der Waals surface area (Å²) in [6.45, 7) is 0.625. The van der Waals surface area contributed by atoms with Crippen molar-refractivity contribution in [3.63, 3.8) is 0 Å². The molecule has 11 heteroatoms.